The fourth-order valence-corrected chi connectivity index (χ4v) is 3.06. The number of nitrogens with one attached hydrogen (secondary N) is 4. The zero-order valence-electron chi connectivity index (χ0n) is 17.8. The van der Waals surface area contributed by atoms with Crippen molar-refractivity contribution in [1.82, 2.24) is 15.6 Å². The van der Waals surface area contributed by atoms with Gasteiger partial charge in [-0.25, -0.2) is 8.78 Å². The molecule has 6 N–H and O–H groups in total. The lowest BCUT2D eigenvalue weighted by atomic mass is 10.1. The molecule has 0 saturated heterocycles. The predicted molar refractivity (Wildman–Crippen MR) is 121 cm³/mol. The van der Waals surface area contributed by atoms with Crippen molar-refractivity contribution < 1.29 is 8.78 Å². The van der Waals surface area contributed by atoms with Crippen molar-refractivity contribution in [2.24, 2.45) is 5.73 Å². The van der Waals surface area contributed by atoms with E-state index in [4.69, 9.17) is 5.73 Å². The van der Waals surface area contributed by atoms with E-state index in [0.29, 0.717) is 17.7 Å². The van der Waals surface area contributed by atoms with Crippen molar-refractivity contribution >= 4 is 5.82 Å². The van der Waals surface area contributed by atoms with Gasteiger partial charge in [0.15, 0.2) is 0 Å². The number of hydrogen-bond acceptors (Lipinski definition) is 4. The van der Waals surface area contributed by atoms with Gasteiger partial charge in [-0.15, -0.1) is 0 Å². The molecule has 5 nitrogen and oxygen atoms in total. The summed E-state index contributed by atoms with van der Waals surface area (Å²) in [4.78, 5) is 3.29. The molecule has 0 aromatic carbocycles. The number of allylic oxidation sites excluding steroid dienone is 7. The number of anilines is 1. The van der Waals surface area contributed by atoms with Gasteiger partial charge in [0.2, 0.25) is 0 Å². The second-order valence-corrected chi connectivity index (χ2v) is 7.33. The Labute approximate surface area is 177 Å². The third kappa shape index (κ3) is 8.00. The average Bonchev–Trinajstić information content (AvgIpc) is 3.06. The molecule has 1 aromatic rings. The van der Waals surface area contributed by atoms with Gasteiger partial charge in [-0.3, -0.25) is 5.32 Å². The summed E-state index contributed by atoms with van der Waals surface area (Å²) in [5, 5.41) is 9.61. The van der Waals surface area contributed by atoms with Crippen LogP contribution in [0.1, 0.15) is 38.3 Å². The van der Waals surface area contributed by atoms with Gasteiger partial charge in [-0.2, -0.15) is 0 Å². The first kappa shape index (κ1) is 23.6. The minimum absolute atomic E-state index is 0.107. The van der Waals surface area contributed by atoms with E-state index < -0.39 is 11.7 Å². The van der Waals surface area contributed by atoms with E-state index in [-0.39, 0.29) is 19.0 Å². The highest BCUT2D eigenvalue weighted by Crippen LogP contribution is 2.24. The van der Waals surface area contributed by atoms with Gasteiger partial charge >= 0.3 is 0 Å². The molecule has 164 valence electrons. The number of hydrogen-bond donors (Lipinski definition) is 5. The van der Waals surface area contributed by atoms with E-state index >= 15 is 0 Å². The molecule has 7 heteroatoms. The van der Waals surface area contributed by atoms with Crippen LogP contribution >= 0.6 is 0 Å². The van der Waals surface area contributed by atoms with E-state index in [1.165, 1.54) is 0 Å². The summed E-state index contributed by atoms with van der Waals surface area (Å²) in [5.74, 6) is -0.291. The zero-order valence-corrected chi connectivity index (χ0v) is 17.8. The van der Waals surface area contributed by atoms with Crippen LogP contribution in [0.15, 0.2) is 71.6 Å². The van der Waals surface area contributed by atoms with Crippen LogP contribution in [-0.4, -0.2) is 24.7 Å². The first-order valence-electron chi connectivity index (χ1n) is 10.3. The first-order valence-corrected chi connectivity index (χ1v) is 10.3. The second kappa shape index (κ2) is 12.1. The van der Waals surface area contributed by atoms with Crippen LogP contribution < -0.4 is 21.7 Å². The fraction of sp³-hybridized carbons (Fsp3) is 0.391. The Balaban J connectivity index is 1.92. The summed E-state index contributed by atoms with van der Waals surface area (Å²) in [7, 11) is 1.87. The van der Waals surface area contributed by atoms with Gasteiger partial charge in [0.1, 0.15) is 17.5 Å². The number of aromatic amines is 1. The van der Waals surface area contributed by atoms with Crippen molar-refractivity contribution in [2.45, 2.75) is 45.2 Å². The molecule has 0 bridgehead atoms. The van der Waals surface area contributed by atoms with Crippen LogP contribution in [0.4, 0.5) is 14.6 Å². The van der Waals surface area contributed by atoms with E-state index in [9.17, 15) is 8.78 Å². The topological polar surface area (TPSA) is 77.9 Å². The zero-order chi connectivity index (χ0) is 21.9. The number of likely N-dealkylation sites (N-methyl/N-ethyl adjacent to an activating group) is 1. The number of rotatable bonds is 12. The third-order valence-electron chi connectivity index (χ3n) is 4.68. The normalized spacial score (nSPS) is 15.6. The summed E-state index contributed by atoms with van der Waals surface area (Å²) >= 11 is 0. The molecular formula is C23H33F2N5. The molecule has 1 heterocycles. The summed E-state index contributed by atoms with van der Waals surface area (Å²) in [6.07, 6.45) is 9.17. The van der Waals surface area contributed by atoms with Crippen LogP contribution in [0.5, 0.6) is 0 Å². The number of H-pyrrole nitrogens is 1. The van der Waals surface area contributed by atoms with E-state index in [1.807, 2.05) is 25.3 Å². The Morgan fingerprint density at radius 1 is 1.33 bits per heavy atom. The van der Waals surface area contributed by atoms with Crippen molar-refractivity contribution in [2.75, 3.05) is 18.9 Å². The maximum Gasteiger partial charge on any atom is 0.129 e. The number of aromatic nitrogens is 1. The van der Waals surface area contributed by atoms with Gasteiger partial charge in [-0.1, -0.05) is 32.1 Å². The van der Waals surface area contributed by atoms with Gasteiger partial charge in [0.25, 0.3) is 0 Å². The molecule has 2 rings (SSSR count). The van der Waals surface area contributed by atoms with Crippen LogP contribution in [0.25, 0.3) is 0 Å². The van der Waals surface area contributed by atoms with E-state index in [1.54, 1.807) is 12.2 Å². The smallest absolute Gasteiger partial charge is 0.129 e. The van der Waals surface area contributed by atoms with Crippen LogP contribution in [-0.2, 0) is 6.42 Å². The molecule has 0 aliphatic heterocycles. The lowest BCUT2D eigenvalue weighted by Gasteiger charge is -2.13. The molecule has 1 atom stereocenters. The van der Waals surface area contributed by atoms with Gasteiger partial charge in [-0.05, 0) is 36.7 Å². The predicted octanol–water partition coefficient (Wildman–Crippen LogP) is 4.69. The monoisotopic (exact) mass is 417 g/mol. The fourth-order valence-electron chi connectivity index (χ4n) is 3.06. The van der Waals surface area contributed by atoms with Crippen molar-refractivity contribution in [3.05, 3.63) is 77.3 Å². The molecule has 0 amide bonds. The highest BCUT2D eigenvalue weighted by atomic mass is 19.1. The number of halogens is 2. The number of unbranched alkanes of at least 4 members (excludes halogenated alkanes) is 1. The first-order chi connectivity index (χ1) is 14.4. The summed E-state index contributed by atoms with van der Waals surface area (Å²) < 4.78 is 27.4. The van der Waals surface area contributed by atoms with Crippen molar-refractivity contribution in [3.8, 4) is 0 Å². The minimum atomic E-state index is -0.566. The maximum atomic E-state index is 14.1. The standard InChI is InChI=1S/C23H33F2N5/c1-4-5-11-28-22(26)15-20(27-3)14-19-9-10-23(30-19)29-16(2)12-17-7-6-8-18(24)13-21(17)25/h6-7,9-10,13,15,22,27-30H,2,4-5,8,11-12,14,26H2,1,3H3/b20-15-. The maximum absolute atomic E-state index is 14.1. The van der Waals surface area contributed by atoms with Gasteiger partial charge in [0, 0.05) is 49.5 Å². The van der Waals surface area contributed by atoms with Crippen LogP contribution in [0.3, 0.4) is 0 Å². The second-order valence-electron chi connectivity index (χ2n) is 7.33. The molecule has 30 heavy (non-hydrogen) atoms. The molecule has 0 fully saturated rings. The molecule has 1 aliphatic carbocycles. The molecule has 0 saturated carbocycles. The summed E-state index contributed by atoms with van der Waals surface area (Å²) in [6.45, 7) is 6.99. The van der Waals surface area contributed by atoms with Crippen LogP contribution in [0, 0.1) is 0 Å². The molecule has 0 spiro atoms. The average molecular weight is 418 g/mol. The lowest BCUT2D eigenvalue weighted by Crippen LogP contribution is -2.37. The molecular weight excluding hydrogens is 384 g/mol. The Hall–Kier alpha value is -2.64. The molecule has 1 aliphatic rings. The summed E-state index contributed by atoms with van der Waals surface area (Å²) in [6, 6.07) is 3.88. The minimum Gasteiger partial charge on any atom is -0.391 e. The quantitative estimate of drug-likeness (QED) is 0.253. The Kier molecular flexibility index (Phi) is 9.57. The Bertz CT molecular complexity index is 832. The third-order valence-corrected chi connectivity index (χ3v) is 4.68. The van der Waals surface area contributed by atoms with E-state index in [2.05, 4.69) is 34.4 Å². The molecule has 1 aromatic heterocycles. The lowest BCUT2D eigenvalue weighted by molar-refractivity contribution is 0.579. The van der Waals surface area contributed by atoms with Gasteiger partial charge in [0.05, 0.1) is 6.17 Å². The summed E-state index contributed by atoms with van der Waals surface area (Å²) in [5.41, 5.74) is 9.12. The largest absolute Gasteiger partial charge is 0.391 e. The van der Waals surface area contributed by atoms with Gasteiger partial charge < -0.3 is 21.4 Å². The number of nitrogens with two attached hydrogens (primary N) is 1. The van der Waals surface area contributed by atoms with Crippen molar-refractivity contribution in [3.63, 3.8) is 0 Å². The highest BCUT2D eigenvalue weighted by molar-refractivity contribution is 5.46. The Morgan fingerprint density at radius 2 is 2.13 bits per heavy atom. The van der Waals surface area contributed by atoms with Crippen LogP contribution in [0.2, 0.25) is 0 Å². The van der Waals surface area contributed by atoms with Crippen molar-refractivity contribution in [1.29, 1.82) is 0 Å². The highest BCUT2D eigenvalue weighted by Gasteiger charge is 2.10. The SMILES string of the molecule is C=C(CC1=C(F)C=C(F)CC=C1)Nc1ccc(C/C(=C/C(N)NCCCC)NC)[nH]1. The van der Waals surface area contributed by atoms with E-state index in [0.717, 1.165) is 42.7 Å². The molecule has 0 radical (unpaired) electrons. The Morgan fingerprint density at radius 3 is 2.87 bits per heavy atom. The molecule has 1 unspecified atom stereocenters.